The maximum absolute atomic E-state index is 12.0. The highest BCUT2D eigenvalue weighted by Gasteiger charge is 2.11. The van der Waals surface area contributed by atoms with Gasteiger partial charge in [-0.15, -0.1) is 11.8 Å². The maximum Gasteiger partial charge on any atom is 0.238 e. The number of thioether (sulfide) groups is 1. The van der Waals surface area contributed by atoms with Crippen LogP contribution in [0.15, 0.2) is 40.5 Å². The summed E-state index contributed by atoms with van der Waals surface area (Å²) < 4.78 is 22.4. The highest BCUT2D eigenvalue weighted by atomic mass is 35.5. The molecular weight excluding hydrogens is 412 g/mol. The van der Waals surface area contributed by atoms with Gasteiger partial charge in [-0.25, -0.2) is 23.5 Å². The van der Waals surface area contributed by atoms with Gasteiger partial charge in [0.2, 0.25) is 21.2 Å². The summed E-state index contributed by atoms with van der Waals surface area (Å²) in [4.78, 5) is 27.2. The number of nitrogens with zero attached hydrogens (tertiary/aromatic N) is 3. The summed E-state index contributed by atoms with van der Waals surface area (Å²) in [5.74, 6) is 0.358. The molecule has 0 unspecified atom stereocenters. The van der Waals surface area contributed by atoms with Crippen molar-refractivity contribution in [3.63, 3.8) is 0 Å². The van der Waals surface area contributed by atoms with E-state index in [9.17, 15) is 13.2 Å². The molecule has 3 rings (SSSR count). The van der Waals surface area contributed by atoms with Crippen LogP contribution in [0.4, 0.5) is 0 Å². The highest BCUT2D eigenvalue weighted by Crippen LogP contribution is 2.24. The fourth-order valence-electron chi connectivity index (χ4n) is 2.21. The Hall–Kier alpha value is -2.21. The number of hydrogen-bond acceptors (Lipinski definition) is 7. The molecule has 2 heterocycles. The number of nitrogens with two attached hydrogens (primary N) is 1. The Morgan fingerprint density at radius 3 is 2.70 bits per heavy atom. The van der Waals surface area contributed by atoms with Gasteiger partial charge in [-0.3, -0.25) is 4.79 Å². The highest BCUT2D eigenvalue weighted by molar-refractivity contribution is 7.99. The van der Waals surface area contributed by atoms with E-state index < -0.39 is 10.0 Å². The van der Waals surface area contributed by atoms with Crippen LogP contribution in [0.25, 0.3) is 11.2 Å². The number of hydrogen-bond donors (Lipinski definition) is 3. The Labute approximate surface area is 164 Å². The lowest BCUT2D eigenvalue weighted by Gasteiger charge is -2.06. The average molecular weight is 427 g/mol. The summed E-state index contributed by atoms with van der Waals surface area (Å²) >= 11 is 7.24. The van der Waals surface area contributed by atoms with Gasteiger partial charge < -0.3 is 10.3 Å². The number of nitrogens with one attached hydrogen (secondary N) is 2. The van der Waals surface area contributed by atoms with Crippen LogP contribution in [0.2, 0.25) is 5.28 Å². The molecule has 9 nitrogen and oxygen atoms in total. The predicted octanol–water partition coefficient (Wildman–Crippen LogP) is 1.45. The van der Waals surface area contributed by atoms with Gasteiger partial charge in [0.1, 0.15) is 10.5 Å². The molecule has 4 N–H and O–H groups in total. The molecule has 1 amide bonds. The Morgan fingerprint density at radius 1 is 1.26 bits per heavy atom. The minimum absolute atomic E-state index is 0.0302. The number of fused-ring (bicyclic) bond motifs is 1. The van der Waals surface area contributed by atoms with E-state index in [0.717, 1.165) is 5.56 Å². The van der Waals surface area contributed by atoms with Crippen LogP contribution < -0.4 is 10.5 Å². The number of amides is 1. The number of sulfonamides is 1. The molecule has 3 aromatic rings. The van der Waals surface area contributed by atoms with E-state index in [2.05, 4.69) is 25.3 Å². The van der Waals surface area contributed by atoms with Crippen molar-refractivity contribution in [3.05, 3.63) is 41.4 Å². The number of carbonyl (C=O) groups is 1. The third-order valence-electron chi connectivity index (χ3n) is 3.53. The average Bonchev–Trinajstić information content (AvgIpc) is 3.08. The molecule has 0 bridgehead atoms. The van der Waals surface area contributed by atoms with Gasteiger partial charge >= 0.3 is 0 Å². The van der Waals surface area contributed by atoms with E-state index in [-0.39, 0.29) is 22.5 Å². The van der Waals surface area contributed by atoms with Crippen molar-refractivity contribution in [2.75, 3.05) is 5.75 Å². The van der Waals surface area contributed by atoms with Crippen LogP contribution in [-0.2, 0) is 21.4 Å². The molecule has 0 spiro atoms. The van der Waals surface area contributed by atoms with Crippen molar-refractivity contribution in [1.82, 2.24) is 25.3 Å². The summed E-state index contributed by atoms with van der Waals surface area (Å²) in [7, 11) is -3.72. The molecule has 142 valence electrons. The number of primary sulfonamides is 1. The fraction of sp³-hybridized carbons (Fsp3) is 0.200. The lowest BCUT2D eigenvalue weighted by molar-refractivity contribution is -0.120. The molecule has 0 aliphatic rings. The minimum Gasteiger partial charge on any atom is -0.352 e. The normalized spacial score (nSPS) is 11.6. The zero-order valence-corrected chi connectivity index (χ0v) is 16.2. The Balaban J connectivity index is 1.49. The number of imidazole rings is 1. The summed E-state index contributed by atoms with van der Waals surface area (Å²) in [6.07, 6.45) is 1.78. The van der Waals surface area contributed by atoms with E-state index in [1.807, 2.05) is 0 Å². The first kappa shape index (κ1) is 19.5. The molecule has 0 fully saturated rings. The van der Waals surface area contributed by atoms with Crippen molar-refractivity contribution in [2.45, 2.75) is 22.9 Å². The smallest absolute Gasteiger partial charge is 0.238 e. The number of H-pyrrole nitrogens is 1. The molecule has 2 aromatic heterocycles. The first-order valence-electron chi connectivity index (χ1n) is 7.71. The van der Waals surface area contributed by atoms with Gasteiger partial charge in [-0.1, -0.05) is 12.1 Å². The lowest BCUT2D eigenvalue weighted by atomic mass is 10.2. The van der Waals surface area contributed by atoms with E-state index in [0.29, 0.717) is 28.5 Å². The third kappa shape index (κ3) is 5.16. The molecule has 0 radical (unpaired) electrons. The van der Waals surface area contributed by atoms with E-state index in [4.69, 9.17) is 16.7 Å². The molecule has 1 aromatic carbocycles. The first-order valence-corrected chi connectivity index (χ1v) is 10.6. The zero-order valence-electron chi connectivity index (χ0n) is 13.8. The molecule has 0 saturated carbocycles. The Morgan fingerprint density at radius 2 is 2.00 bits per heavy atom. The second-order valence-corrected chi connectivity index (χ2v) is 8.45. The topological polar surface area (TPSA) is 144 Å². The van der Waals surface area contributed by atoms with Gasteiger partial charge in [-0.2, -0.15) is 4.98 Å². The number of benzene rings is 1. The van der Waals surface area contributed by atoms with Crippen LogP contribution in [0.5, 0.6) is 0 Å². The lowest BCUT2D eigenvalue weighted by Crippen LogP contribution is -2.23. The number of carbonyl (C=O) groups excluding carboxylic acids is 1. The van der Waals surface area contributed by atoms with Crippen molar-refractivity contribution >= 4 is 50.5 Å². The fourth-order valence-corrected chi connectivity index (χ4v) is 3.87. The predicted molar refractivity (Wildman–Crippen MR) is 102 cm³/mol. The van der Waals surface area contributed by atoms with E-state index in [1.54, 1.807) is 12.1 Å². The number of halogens is 1. The number of aromatic nitrogens is 4. The quantitative estimate of drug-likeness (QED) is 0.294. The maximum atomic E-state index is 12.0. The van der Waals surface area contributed by atoms with Crippen molar-refractivity contribution in [2.24, 2.45) is 5.14 Å². The van der Waals surface area contributed by atoms with Crippen molar-refractivity contribution in [3.8, 4) is 0 Å². The molecule has 0 aliphatic carbocycles. The third-order valence-corrected chi connectivity index (χ3v) is 5.61. The van der Waals surface area contributed by atoms with Gasteiger partial charge in [0.05, 0.1) is 11.2 Å². The summed E-state index contributed by atoms with van der Waals surface area (Å²) in [5.41, 5.74) is 1.93. The number of rotatable bonds is 7. The molecule has 0 atom stereocenters. The second-order valence-electron chi connectivity index (χ2n) is 5.46. The zero-order chi connectivity index (χ0) is 19.4. The summed E-state index contributed by atoms with van der Waals surface area (Å²) in [5, 5.41) is 8.56. The van der Waals surface area contributed by atoms with Gasteiger partial charge in [-0.05, 0) is 29.3 Å². The second kappa shape index (κ2) is 8.21. The number of aromatic amines is 1. The standard InChI is InChI=1S/C15H15ClN6O3S2/c16-15-21-13-12(19-8-20-13)14(22-15)26-6-5-11(23)18-7-9-1-3-10(4-2-9)27(17,24)25/h1-4,8H,5-7H2,(H,18,23)(H2,17,24,25)(H,19,20,21,22). The van der Waals surface area contributed by atoms with Crippen LogP contribution in [0.1, 0.15) is 12.0 Å². The largest absolute Gasteiger partial charge is 0.352 e. The molecule has 12 heteroatoms. The molecular formula is C15H15ClN6O3S2. The Kier molecular flexibility index (Phi) is 5.95. The summed E-state index contributed by atoms with van der Waals surface area (Å²) in [6, 6.07) is 6.02. The van der Waals surface area contributed by atoms with E-state index in [1.165, 1.54) is 30.2 Å². The van der Waals surface area contributed by atoms with Crippen LogP contribution >= 0.6 is 23.4 Å². The van der Waals surface area contributed by atoms with Crippen molar-refractivity contribution in [1.29, 1.82) is 0 Å². The van der Waals surface area contributed by atoms with E-state index >= 15 is 0 Å². The first-order chi connectivity index (χ1) is 12.8. The van der Waals surface area contributed by atoms with Crippen LogP contribution in [-0.4, -0.2) is 40.0 Å². The summed E-state index contributed by atoms with van der Waals surface area (Å²) in [6.45, 7) is 0.290. The molecule has 0 aliphatic heterocycles. The monoisotopic (exact) mass is 426 g/mol. The molecule has 27 heavy (non-hydrogen) atoms. The minimum atomic E-state index is -3.72. The van der Waals surface area contributed by atoms with Crippen LogP contribution in [0, 0.1) is 0 Å². The van der Waals surface area contributed by atoms with Gasteiger partial charge in [0, 0.05) is 18.7 Å². The molecule has 0 saturated heterocycles. The Bertz CT molecular complexity index is 1070. The van der Waals surface area contributed by atoms with Gasteiger partial charge in [0.15, 0.2) is 5.65 Å². The van der Waals surface area contributed by atoms with Crippen molar-refractivity contribution < 1.29 is 13.2 Å². The van der Waals surface area contributed by atoms with Gasteiger partial charge in [0.25, 0.3) is 0 Å². The van der Waals surface area contributed by atoms with Crippen LogP contribution in [0.3, 0.4) is 0 Å². The SMILES string of the molecule is NS(=O)(=O)c1ccc(CNC(=O)CCSc2nc(Cl)nc3nc[nH]c23)cc1.